The molecular formula is C18H25N5. The average molecular weight is 311 g/mol. The van der Waals surface area contributed by atoms with Crippen molar-refractivity contribution in [1.82, 2.24) is 24.8 Å². The molecule has 0 aromatic carbocycles. The zero-order valence-electron chi connectivity index (χ0n) is 13.7. The zero-order chi connectivity index (χ0) is 15.9. The van der Waals surface area contributed by atoms with Gasteiger partial charge in [0.05, 0.1) is 13.1 Å². The van der Waals surface area contributed by atoms with E-state index in [1.165, 1.54) is 18.4 Å². The van der Waals surface area contributed by atoms with Crippen LogP contribution in [0.2, 0.25) is 0 Å². The summed E-state index contributed by atoms with van der Waals surface area (Å²) in [6.45, 7) is 4.82. The lowest BCUT2D eigenvalue weighted by molar-refractivity contribution is 0.256. The van der Waals surface area contributed by atoms with E-state index < -0.39 is 0 Å². The van der Waals surface area contributed by atoms with Crippen LogP contribution in [0.3, 0.4) is 0 Å². The van der Waals surface area contributed by atoms with Gasteiger partial charge in [-0.05, 0) is 18.8 Å². The summed E-state index contributed by atoms with van der Waals surface area (Å²) in [6, 6.07) is 0. The first-order valence-electron chi connectivity index (χ1n) is 8.39. The molecule has 1 atom stereocenters. The maximum absolute atomic E-state index is 4.37. The second kappa shape index (κ2) is 7.92. The van der Waals surface area contributed by atoms with Gasteiger partial charge >= 0.3 is 0 Å². The molecule has 1 unspecified atom stereocenters. The SMILES string of the molecule is CCCC1CC=CC=C1CN(Cc1ncc[nH]1)Cc1ncc[nH]1. The van der Waals surface area contributed by atoms with Crippen molar-refractivity contribution in [3.8, 4) is 0 Å². The molecule has 2 aromatic rings. The first-order valence-corrected chi connectivity index (χ1v) is 8.39. The molecule has 3 rings (SSSR count). The maximum Gasteiger partial charge on any atom is 0.120 e. The number of allylic oxidation sites excluding steroid dienone is 3. The third-order valence-corrected chi connectivity index (χ3v) is 4.29. The number of imidazole rings is 2. The van der Waals surface area contributed by atoms with Crippen LogP contribution in [-0.4, -0.2) is 31.4 Å². The zero-order valence-corrected chi connectivity index (χ0v) is 13.7. The van der Waals surface area contributed by atoms with Crippen molar-refractivity contribution in [2.24, 2.45) is 5.92 Å². The molecule has 0 saturated carbocycles. The van der Waals surface area contributed by atoms with Crippen molar-refractivity contribution in [2.75, 3.05) is 6.54 Å². The third kappa shape index (κ3) is 4.42. The van der Waals surface area contributed by atoms with Gasteiger partial charge in [-0.2, -0.15) is 0 Å². The summed E-state index contributed by atoms with van der Waals surface area (Å²) >= 11 is 0. The molecule has 0 amide bonds. The molecule has 2 heterocycles. The molecule has 23 heavy (non-hydrogen) atoms. The van der Waals surface area contributed by atoms with Crippen molar-refractivity contribution in [3.63, 3.8) is 0 Å². The lowest BCUT2D eigenvalue weighted by Crippen LogP contribution is -2.28. The Kier molecular flexibility index (Phi) is 5.42. The van der Waals surface area contributed by atoms with Gasteiger partial charge in [-0.3, -0.25) is 4.90 Å². The summed E-state index contributed by atoms with van der Waals surface area (Å²) < 4.78 is 0. The van der Waals surface area contributed by atoms with Crippen LogP contribution in [0.25, 0.3) is 0 Å². The van der Waals surface area contributed by atoms with Crippen LogP contribution in [-0.2, 0) is 13.1 Å². The van der Waals surface area contributed by atoms with E-state index in [1.807, 2.05) is 24.8 Å². The van der Waals surface area contributed by atoms with Gasteiger partial charge in [0.15, 0.2) is 0 Å². The summed E-state index contributed by atoms with van der Waals surface area (Å²) in [5, 5.41) is 0. The normalized spacial score (nSPS) is 17.7. The van der Waals surface area contributed by atoms with E-state index >= 15 is 0 Å². The Morgan fingerprint density at radius 3 is 2.35 bits per heavy atom. The lowest BCUT2D eigenvalue weighted by atomic mass is 9.87. The van der Waals surface area contributed by atoms with Crippen LogP contribution >= 0.6 is 0 Å². The molecule has 122 valence electrons. The number of nitrogens with one attached hydrogen (secondary N) is 2. The Morgan fingerprint density at radius 1 is 1.09 bits per heavy atom. The highest BCUT2D eigenvalue weighted by Gasteiger charge is 2.19. The van der Waals surface area contributed by atoms with Crippen LogP contribution in [0.4, 0.5) is 0 Å². The lowest BCUT2D eigenvalue weighted by Gasteiger charge is -2.27. The predicted octanol–water partition coefficient (Wildman–Crippen LogP) is 3.44. The molecule has 5 nitrogen and oxygen atoms in total. The van der Waals surface area contributed by atoms with Crippen LogP contribution < -0.4 is 0 Å². The number of rotatable bonds is 8. The van der Waals surface area contributed by atoms with Gasteiger partial charge in [-0.1, -0.05) is 37.1 Å². The highest BCUT2D eigenvalue weighted by molar-refractivity contribution is 5.22. The number of hydrogen-bond donors (Lipinski definition) is 2. The van der Waals surface area contributed by atoms with E-state index in [9.17, 15) is 0 Å². The van der Waals surface area contributed by atoms with Crippen molar-refractivity contribution in [3.05, 3.63) is 60.2 Å². The summed E-state index contributed by atoms with van der Waals surface area (Å²) in [4.78, 5) is 17.5. The molecule has 0 fully saturated rings. The van der Waals surface area contributed by atoms with E-state index in [0.29, 0.717) is 5.92 Å². The Labute approximate surface area is 137 Å². The predicted molar refractivity (Wildman–Crippen MR) is 91.5 cm³/mol. The van der Waals surface area contributed by atoms with Gasteiger partial charge in [0.1, 0.15) is 11.6 Å². The minimum Gasteiger partial charge on any atom is -0.348 e. The fourth-order valence-corrected chi connectivity index (χ4v) is 3.17. The van der Waals surface area contributed by atoms with Gasteiger partial charge in [-0.15, -0.1) is 0 Å². The third-order valence-electron chi connectivity index (χ3n) is 4.29. The Morgan fingerprint density at radius 2 is 1.78 bits per heavy atom. The molecule has 2 N–H and O–H groups in total. The first-order chi connectivity index (χ1) is 11.3. The molecule has 0 bridgehead atoms. The second-order valence-corrected chi connectivity index (χ2v) is 6.11. The number of H-pyrrole nitrogens is 2. The maximum atomic E-state index is 4.37. The number of aromatic nitrogens is 4. The molecule has 1 aliphatic rings. The van der Waals surface area contributed by atoms with Gasteiger partial charge in [0.2, 0.25) is 0 Å². The van der Waals surface area contributed by atoms with Gasteiger partial charge < -0.3 is 9.97 Å². The minimum atomic E-state index is 0.667. The average Bonchev–Trinajstić information content (AvgIpc) is 3.23. The van der Waals surface area contributed by atoms with E-state index in [0.717, 1.165) is 37.7 Å². The van der Waals surface area contributed by atoms with Crippen LogP contribution in [0, 0.1) is 5.92 Å². The first kappa shape index (κ1) is 15.7. The molecule has 0 saturated heterocycles. The van der Waals surface area contributed by atoms with Crippen LogP contribution in [0.1, 0.15) is 37.8 Å². The highest BCUT2D eigenvalue weighted by Crippen LogP contribution is 2.26. The molecule has 0 aliphatic heterocycles. The Bertz CT molecular complexity index is 588. The molecule has 5 heteroatoms. The molecule has 1 aliphatic carbocycles. The Balaban J connectivity index is 1.71. The van der Waals surface area contributed by atoms with E-state index in [2.05, 4.69) is 50.0 Å². The number of aromatic amines is 2. The smallest absolute Gasteiger partial charge is 0.120 e. The van der Waals surface area contributed by atoms with Crippen molar-refractivity contribution in [1.29, 1.82) is 0 Å². The summed E-state index contributed by atoms with van der Waals surface area (Å²) in [5.41, 5.74) is 1.52. The summed E-state index contributed by atoms with van der Waals surface area (Å²) in [6.07, 6.45) is 17.8. The summed E-state index contributed by atoms with van der Waals surface area (Å²) in [5.74, 6) is 2.66. The van der Waals surface area contributed by atoms with Gasteiger partial charge in [0.25, 0.3) is 0 Å². The van der Waals surface area contributed by atoms with Crippen LogP contribution in [0.15, 0.2) is 48.6 Å². The summed E-state index contributed by atoms with van der Waals surface area (Å²) in [7, 11) is 0. The van der Waals surface area contributed by atoms with Gasteiger partial charge in [0, 0.05) is 31.3 Å². The number of nitrogens with zero attached hydrogens (tertiary/aromatic N) is 3. The molecule has 2 aromatic heterocycles. The van der Waals surface area contributed by atoms with Gasteiger partial charge in [-0.25, -0.2) is 9.97 Å². The topological polar surface area (TPSA) is 60.6 Å². The van der Waals surface area contributed by atoms with E-state index in [4.69, 9.17) is 0 Å². The molecule has 0 radical (unpaired) electrons. The molecule has 0 spiro atoms. The van der Waals surface area contributed by atoms with Crippen LogP contribution in [0.5, 0.6) is 0 Å². The number of hydrogen-bond acceptors (Lipinski definition) is 3. The highest BCUT2D eigenvalue weighted by atomic mass is 15.2. The van der Waals surface area contributed by atoms with Crippen molar-refractivity contribution in [2.45, 2.75) is 39.3 Å². The fourth-order valence-electron chi connectivity index (χ4n) is 3.17. The molecular weight excluding hydrogens is 286 g/mol. The second-order valence-electron chi connectivity index (χ2n) is 6.11. The monoisotopic (exact) mass is 311 g/mol. The Hall–Kier alpha value is -2.14. The van der Waals surface area contributed by atoms with Crippen molar-refractivity contribution >= 4 is 0 Å². The largest absolute Gasteiger partial charge is 0.348 e. The fraction of sp³-hybridized carbons (Fsp3) is 0.444. The quantitative estimate of drug-likeness (QED) is 0.785. The van der Waals surface area contributed by atoms with E-state index in [1.54, 1.807) is 0 Å². The standard InChI is InChI=1S/C18H25N5/c1-2-5-15-6-3-4-7-16(15)12-23(13-17-19-8-9-20-17)14-18-21-10-11-22-18/h3-4,7-11,15H,2,5-6,12-14H2,1H3,(H,19,20)(H,21,22). The van der Waals surface area contributed by atoms with E-state index in [-0.39, 0.29) is 0 Å². The van der Waals surface area contributed by atoms with Crippen molar-refractivity contribution < 1.29 is 0 Å². The minimum absolute atomic E-state index is 0.667.